The molecule has 0 heterocycles. The second kappa shape index (κ2) is 4.77. The molecule has 2 bridgehead atoms. The van der Waals surface area contributed by atoms with Gasteiger partial charge in [0.1, 0.15) is 0 Å². The molecular weight excluding hydrogens is 230 g/mol. The Labute approximate surface area is 117 Å². The molecule has 3 aliphatic carbocycles. The second-order valence-corrected chi connectivity index (χ2v) is 7.10. The van der Waals surface area contributed by atoms with E-state index in [1.807, 2.05) is 0 Å². The van der Waals surface area contributed by atoms with Gasteiger partial charge in [-0.15, -0.1) is 0 Å². The number of hydrogen-bond acceptors (Lipinski definition) is 1. The standard InChI is InChI=1S/C18H25N/c1-13-4-6-14(7-5-13)11-19-12-15-8-9-16-10-17(15)18(16,2)3/h4-7,11,15-17H,8-10,12H2,1-3H3/t15-,16-,17-/m0/s1. The zero-order valence-corrected chi connectivity index (χ0v) is 12.4. The van der Waals surface area contributed by atoms with Crippen LogP contribution in [0.2, 0.25) is 0 Å². The lowest BCUT2D eigenvalue weighted by Gasteiger charge is -2.60. The lowest BCUT2D eigenvalue weighted by molar-refractivity contribution is -0.101. The molecule has 0 radical (unpaired) electrons. The normalized spacial score (nSPS) is 32.3. The van der Waals surface area contributed by atoms with Crippen molar-refractivity contribution < 1.29 is 0 Å². The minimum absolute atomic E-state index is 0.586. The molecule has 3 atom stereocenters. The fraction of sp³-hybridized carbons (Fsp3) is 0.611. The average molecular weight is 255 g/mol. The van der Waals surface area contributed by atoms with E-state index >= 15 is 0 Å². The summed E-state index contributed by atoms with van der Waals surface area (Å²) in [6.45, 7) is 8.07. The highest BCUT2D eigenvalue weighted by Crippen LogP contribution is 2.61. The lowest BCUT2D eigenvalue weighted by atomic mass is 9.45. The summed E-state index contributed by atoms with van der Waals surface area (Å²) in [5, 5.41) is 0. The first-order chi connectivity index (χ1) is 9.07. The van der Waals surface area contributed by atoms with Crippen molar-refractivity contribution in [3.05, 3.63) is 35.4 Å². The monoisotopic (exact) mass is 255 g/mol. The van der Waals surface area contributed by atoms with Gasteiger partial charge < -0.3 is 0 Å². The Balaban J connectivity index is 1.59. The fourth-order valence-electron chi connectivity index (χ4n) is 4.13. The van der Waals surface area contributed by atoms with Crippen molar-refractivity contribution in [1.29, 1.82) is 0 Å². The molecule has 19 heavy (non-hydrogen) atoms. The highest BCUT2D eigenvalue weighted by molar-refractivity contribution is 5.79. The first-order valence-corrected chi connectivity index (χ1v) is 7.64. The van der Waals surface area contributed by atoms with Gasteiger partial charge in [0.25, 0.3) is 0 Å². The Bertz CT molecular complexity index is 467. The van der Waals surface area contributed by atoms with E-state index < -0.39 is 0 Å². The molecule has 0 spiro atoms. The van der Waals surface area contributed by atoms with Crippen molar-refractivity contribution in [2.24, 2.45) is 28.2 Å². The molecule has 3 fully saturated rings. The molecule has 0 unspecified atom stereocenters. The maximum absolute atomic E-state index is 4.71. The van der Waals surface area contributed by atoms with Crippen LogP contribution in [0.3, 0.4) is 0 Å². The first kappa shape index (κ1) is 12.9. The third kappa shape index (κ3) is 2.35. The SMILES string of the molecule is Cc1ccc(C=NC[C@@H]2CC[C@H]3C[C@@H]2C3(C)C)cc1. The van der Waals surface area contributed by atoms with Gasteiger partial charge in [0.05, 0.1) is 0 Å². The van der Waals surface area contributed by atoms with Gasteiger partial charge in [0.2, 0.25) is 0 Å². The summed E-state index contributed by atoms with van der Waals surface area (Å²) in [6.07, 6.45) is 6.33. The van der Waals surface area contributed by atoms with Crippen LogP contribution in [0.5, 0.6) is 0 Å². The molecule has 0 aliphatic heterocycles. The van der Waals surface area contributed by atoms with Crippen molar-refractivity contribution in [3.8, 4) is 0 Å². The van der Waals surface area contributed by atoms with Gasteiger partial charge in [-0.1, -0.05) is 43.7 Å². The Morgan fingerprint density at radius 1 is 1.21 bits per heavy atom. The summed E-state index contributed by atoms with van der Waals surface area (Å²) in [5.41, 5.74) is 3.13. The smallest absolute Gasteiger partial charge is 0.0420 e. The number of benzene rings is 1. The van der Waals surface area contributed by atoms with Crippen LogP contribution in [-0.4, -0.2) is 12.8 Å². The quantitative estimate of drug-likeness (QED) is 0.706. The van der Waals surface area contributed by atoms with E-state index in [2.05, 4.69) is 51.3 Å². The minimum Gasteiger partial charge on any atom is -0.292 e. The summed E-state index contributed by atoms with van der Waals surface area (Å²) in [5.74, 6) is 2.73. The second-order valence-electron chi connectivity index (χ2n) is 7.10. The van der Waals surface area contributed by atoms with Gasteiger partial charge in [-0.3, -0.25) is 4.99 Å². The molecule has 0 saturated heterocycles. The number of aryl methyl sites for hydroxylation is 1. The van der Waals surface area contributed by atoms with Crippen molar-refractivity contribution in [2.75, 3.05) is 6.54 Å². The van der Waals surface area contributed by atoms with Gasteiger partial charge in [0.15, 0.2) is 0 Å². The number of rotatable bonds is 3. The van der Waals surface area contributed by atoms with E-state index in [0.29, 0.717) is 5.41 Å². The summed E-state index contributed by atoms with van der Waals surface area (Å²) in [4.78, 5) is 4.71. The first-order valence-electron chi connectivity index (χ1n) is 7.64. The molecule has 4 rings (SSSR count). The maximum atomic E-state index is 4.71. The molecule has 3 aliphatic rings. The lowest BCUT2D eigenvalue weighted by Crippen LogP contribution is -2.53. The molecule has 0 amide bonds. The molecule has 102 valence electrons. The van der Waals surface area contributed by atoms with E-state index in [1.54, 1.807) is 0 Å². The Morgan fingerprint density at radius 2 is 1.95 bits per heavy atom. The van der Waals surface area contributed by atoms with Gasteiger partial charge in [-0.05, 0) is 54.9 Å². The predicted octanol–water partition coefficient (Wildman–Crippen LogP) is 4.49. The Morgan fingerprint density at radius 3 is 2.58 bits per heavy atom. The van der Waals surface area contributed by atoms with Crippen molar-refractivity contribution in [1.82, 2.24) is 0 Å². The van der Waals surface area contributed by atoms with Gasteiger partial charge >= 0.3 is 0 Å². The van der Waals surface area contributed by atoms with Crippen LogP contribution in [-0.2, 0) is 0 Å². The topological polar surface area (TPSA) is 12.4 Å². The molecule has 0 N–H and O–H groups in total. The largest absolute Gasteiger partial charge is 0.292 e. The van der Waals surface area contributed by atoms with E-state index in [-0.39, 0.29) is 0 Å². The number of hydrogen-bond donors (Lipinski definition) is 0. The van der Waals surface area contributed by atoms with Crippen LogP contribution in [0.4, 0.5) is 0 Å². The van der Waals surface area contributed by atoms with Gasteiger partial charge in [-0.2, -0.15) is 0 Å². The van der Waals surface area contributed by atoms with Crippen molar-refractivity contribution >= 4 is 6.21 Å². The number of fused-ring (bicyclic) bond motifs is 2. The molecule has 3 saturated carbocycles. The zero-order chi connectivity index (χ0) is 13.5. The van der Waals surface area contributed by atoms with Gasteiger partial charge in [0, 0.05) is 12.8 Å². The average Bonchev–Trinajstić information content (AvgIpc) is 2.41. The van der Waals surface area contributed by atoms with Crippen molar-refractivity contribution in [3.63, 3.8) is 0 Å². The third-order valence-electron chi connectivity index (χ3n) is 5.66. The van der Waals surface area contributed by atoms with Crippen LogP contribution < -0.4 is 0 Å². The molecule has 1 nitrogen and oxygen atoms in total. The summed E-state index contributed by atoms with van der Waals surface area (Å²) < 4.78 is 0. The Hall–Kier alpha value is -1.11. The highest BCUT2D eigenvalue weighted by Gasteiger charge is 2.53. The number of nitrogens with zero attached hydrogens (tertiary/aromatic N) is 1. The minimum atomic E-state index is 0.586. The fourth-order valence-corrected chi connectivity index (χ4v) is 4.13. The third-order valence-corrected chi connectivity index (χ3v) is 5.66. The van der Waals surface area contributed by atoms with Crippen LogP contribution in [0.25, 0.3) is 0 Å². The summed E-state index contributed by atoms with van der Waals surface area (Å²) >= 11 is 0. The van der Waals surface area contributed by atoms with E-state index in [4.69, 9.17) is 4.99 Å². The summed E-state index contributed by atoms with van der Waals surface area (Å²) in [6, 6.07) is 8.62. The van der Waals surface area contributed by atoms with Crippen LogP contribution in [0.15, 0.2) is 29.3 Å². The van der Waals surface area contributed by atoms with Crippen LogP contribution in [0, 0.1) is 30.1 Å². The van der Waals surface area contributed by atoms with E-state index in [9.17, 15) is 0 Å². The molecule has 1 aromatic rings. The van der Waals surface area contributed by atoms with E-state index in [0.717, 1.165) is 24.3 Å². The predicted molar refractivity (Wildman–Crippen MR) is 81.7 cm³/mol. The van der Waals surface area contributed by atoms with Crippen molar-refractivity contribution in [2.45, 2.75) is 40.0 Å². The molecule has 0 aromatic heterocycles. The Kier molecular flexibility index (Phi) is 3.24. The van der Waals surface area contributed by atoms with E-state index in [1.165, 1.54) is 30.4 Å². The molecule has 1 heteroatoms. The van der Waals surface area contributed by atoms with Crippen LogP contribution in [0.1, 0.15) is 44.2 Å². The summed E-state index contributed by atoms with van der Waals surface area (Å²) in [7, 11) is 0. The molecular formula is C18H25N. The number of aliphatic imine (C=N–C) groups is 1. The zero-order valence-electron chi connectivity index (χ0n) is 12.4. The maximum Gasteiger partial charge on any atom is 0.0420 e. The van der Waals surface area contributed by atoms with Gasteiger partial charge in [-0.25, -0.2) is 0 Å². The van der Waals surface area contributed by atoms with Crippen LogP contribution >= 0.6 is 0 Å². The molecule has 1 aromatic carbocycles. The highest BCUT2D eigenvalue weighted by atomic mass is 14.7.